The fourth-order valence-electron chi connectivity index (χ4n) is 1.71. The predicted molar refractivity (Wildman–Crippen MR) is 77.9 cm³/mol. The largest absolute Gasteiger partial charge is 0.371 e. The van der Waals surface area contributed by atoms with E-state index in [4.69, 9.17) is 4.74 Å². The highest BCUT2D eigenvalue weighted by Gasteiger charge is 2.15. The molecule has 0 saturated heterocycles. The van der Waals surface area contributed by atoms with Crippen molar-refractivity contribution in [3.8, 4) is 0 Å². The molecule has 1 aromatic heterocycles. The number of anilines is 1. The zero-order valence-electron chi connectivity index (χ0n) is 11.6. The van der Waals surface area contributed by atoms with Crippen LogP contribution in [0.3, 0.4) is 0 Å². The van der Waals surface area contributed by atoms with Gasteiger partial charge in [0.05, 0.1) is 10.2 Å². The summed E-state index contributed by atoms with van der Waals surface area (Å²) >= 11 is 3.58. The molecular formula is C13H22BrN3O. The van der Waals surface area contributed by atoms with E-state index >= 15 is 0 Å². The maximum absolute atomic E-state index is 5.57. The standard InChI is InChI=1S/C13H22BrN3O/c1-5-8-10-11(14)13(15-6-2)17-12(16-10)9(4)18-7-3/h9H,5-8H2,1-4H3,(H,15,16,17). The van der Waals surface area contributed by atoms with Crippen LogP contribution in [0, 0.1) is 0 Å². The molecule has 1 unspecified atom stereocenters. The lowest BCUT2D eigenvalue weighted by atomic mass is 10.2. The van der Waals surface area contributed by atoms with Crippen molar-refractivity contribution < 1.29 is 4.74 Å². The first-order valence-corrected chi connectivity index (χ1v) is 7.35. The van der Waals surface area contributed by atoms with Gasteiger partial charge in [-0.3, -0.25) is 0 Å². The molecule has 5 heteroatoms. The second kappa shape index (κ2) is 7.69. The Morgan fingerprint density at radius 3 is 2.56 bits per heavy atom. The number of hydrogen-bond acceptors (Lipinski definition) is 4. The van der Waals surface area contributed by atoms with E-state index in [1.807, 2.05) is 13.8 Å². The molecule has 1 heterocycles. The van der Waals surface area contributed by atoms with Crippen LogP contribution in [0.25, 0.3) is 0 Å². The lowest BCUT2D eigenvalue weighted by molar-refractivity contribution is 0.0699. The summed E-state index contributed by atoms with van der Waals surface area (Å²) < 4.78 is 6.54. The zero-order valence-corrected chi connectivity index (χ0v) is 13.2. The summed E-state index contributed by atoms with van der Waals surface area (Å²) in [6.07, 6.45) is 1.92. The Labute approximate surface area is 118 Å². The van der Waals surface area contributed by atoms with Crippen molar-refractivity contribution in [1.29, 1.82) is 0 Å². The van der Waals surface area contributed by atoms with Crippen molar-refractivity contribution in [3.05, 3.63) is 16.0 Å². The minimum atomic E-state index is -0.0730. The van der Waals surface area contributed by atoms with Crippen LogP contribution in [-0.2, 0) is 11.2 Å². The van der Waals surface area contributed by atoms with Gasteiger partial charge in [0.2, 0.25) is 0 Å². The fraction of sp³-hybridized carbons (Fsp3) is 0.692. The lowest BCUT2D eigenvalue weighted by Gasteiger charge is -2.15. The highest BCUT2D eigenvalue weighted by molar-refractivity contribution is 9.10. The van der Waals surface area contributed by atoms with E-state index < -0.39 is 0 Å². The predicted octanol–water partition coefficient (Wildman–Crippen LogP) is 3.72. The molecule has 0 aliphatic carbocycles. The molecule has 102 valence electrons. The van der Waals surface area contributed by atoms with Gasteiger partial charge in [-0.25, -0.2) is 9.97 Å². The van der Waals surface area contributed by atoms with Crippen molar-refractivity contribution in [3.63, 3.8) is 0 Å². The number of ether oxygens (including phenoxy) is 1. The number of hydrogen-bond donors (Lipinski definition) is 1. The summed E-state index contributed by atoms with van der Waals surface area (Å²) in [4.78, 5) is 9.13. The lowest BCUT2D eigenvalue weighted by Crippen LogP contribution is -2.11. The van der Waals surface area contributed by atoms with Crippen LogP contribution in [0.15, 0.2) is 4.47 Å². The molecule has 18 heavy (non-hydrogen) atoms. The molecule has 0 aromatic carbocycles. The Morgan fingerprint density at radius 1 is 1.28 bits per heavy atom. The van der Waals surface area contributed by atoms with Gasteiger partial charge in [-0.15, -0.1) is 0 Å². The SMILES string of the molecule is CCCc1nc(C(C)OCC)nc(NCC)c1Br. The number of nitrogens with zero attached hydrogens (tertiary/aromatic N) is 2. The fourth-order valence-corrected chi connectivity index (χ4v) is 2.22. The van der Waals surface area contributed by atoms with Crippen LogP contribution >= 0.6 is 15.9 Å². The Balaban J connectivity index is 3.10. The van der Waals surface area contributed by atoms with Gasteiger partial charge in [0.1, 0.15) is 11.9 Å². The molecule has 1 N–H and O–H groups in total. The van der Waals surface area contributed by atoms with Crippen LogP contribution in [0.4, 0.5) is 5.82 Å². The normalized spacial score (nSPS) is 12.5. The monoisotopic (exact) mass is 315 g/mol. The van der Waals surface area contributed by atoms with E-state index in [-0.39, 0.29) is 6.10 Å². The van der Waals surface area contributed by atoms with Crippen molar-refractivity contribution in [2.45, 2.75) is 46.6 Å². The van der Waals surface area contributed by atoms with Crippen molar-refractivity contribution in [2.75, 3.05) is 18.5 Å². The molecule has 1 aromatic rings. The van der Waals surface area contributed by atoms with Crippen LogP contribution in [-0.4, -0.2) is 23.1 Å². The van der Waals surface area contributed by atoms with Crippen LogP contribution in [0.2, 0.25) is 0 Å². The Bertz CT molecular complexity index is 357. The summed E-state index contributed by atoms with van der Waals surface area (Å²) in [5.74, 6) is 1.61. The molecular weight excluding hydrogens is 294 g/mol. The first-order valence-electron chi connectivity index (χ1n) is 6.55. The molecule has 0 bridgehead atoms. The van der Waals surface area contributed by atoms with Gasteiger partial charge in [0.25, 0.3) is 0 Å². The molecule has 0 aliphatic heterocycles. The average molecular weight is 316 g/mol. The number of rotatable bonds is 7. The van der Waals surface area contributed by atoms with E-state index in [0.717, 1.165) is 41.2 Å². The maximum atomic E-state index is 5.57. The summed E-state index contributed by atoms with van der Waals surface area (Å²) in [6.45, 7) is 9.67. The van der Waals surface area contributed by atoms with Gasteiger partial charge in [0.15, 0.2) is 5.82 Å². The third-order valence-electron chi connectivity index (χ3n) is 2.55. The summed E-state index contributed by atoms with van der Waals surface area (Å²) in [5, 5.41) is 3.26. The van der Waals surface area contributed by atoms with Gasteiger partial charge in [-0.1, -0.05) is 13.3 Å². The first-order chi connectivity index (χ1) is 8.63. The second-order valence-electron chi connectivity index (χ2n) is 4.07. The second-order valence-corrected chi connectivity index (χ2v) is 4.86. The smallest absolute Gasteiger partial charge is 0.159 e. The molecule has 0 saturated carbocycles. The number of halogens is 1. The van der Waals surface area contributed by atoms with E-state index in [2.05, 4.69) is 45.1 Å². The summed E-state index contributed by atoms with van der Waals surface area (Å²) in [7, 11) is 0. The van der Waals surface area contributed by atoms with Gasteiger partial charge in [-0.05, 0) is 43.1 Å². The van der Waals surface area contributed by atoms with Crippen molar-refractivity contribution >= 4 is 21.7 Å². The number of nitrogens with one attached hydrogen (secondary N) is 1. The highest BCUT2D eigenvalue weighted by Crippen LogP contribution is 2.27. The minimum absolute atomic E-state index is 0.0730. The molecule has 1 atom stereocenters. The van der Waals surface area contributed by atoms with Crippen molar-refractivity contribution in [1.82, 2.24) is 9.97 Å². The quantitative estimate of drug-likeness (QED) is 0.833. The summed E-state index contributed by atoms with van der Waals surface area (Å²) in [5.41, 5.74) is 1.05. The third kappa shape index (κ3) is 3.92. The number of aryl methyl sites for hydroxylation is 1. The highest BCUT2D eigenvalue weighted by atomic mass is 79.9. The van der Waals surface area contributed by atoms with Crippen LogP contribution in [0.1, 0.15) is 51.7 Å². The van der Waals surface area contributed by atoms with Gasteiger partial charge >= 0.3 is 0 Å². The van der Waals surface area contributed by atoms with E-state index in [1.165, 1.54) is 0 Å². The van der Waals surface area contributed by atoms with E-state index in [0.29, 0.717) is 6.61 Å². The third-order valence-corrected chi connectivity index (χ3v) is 3.38. The van der Waals surface area contributed by atoms with Gasteiger partial charge in [0, 0.05) is 13.2 Å². The zero-order chi connectivity index (χ0) is 13.5. The Hall–Kier alpha value is -0.680. The van der Waals surface area contributed by atoms with E-state index in [1.54, 1.807) is 0 Å². The van der Waals surface area contributed by atoms with Crippen LogP contribution < -0.4 is 5.32 Å². The van der Waals surface area contributed by atoms with Crippen molar-refractivity contribution in [2.24, 2.45) is 0 Å². The average Bonchev–Trinajstić information content (AvgIpc) is 2.34. The molecule has 0 amide bonds. The first kappa shape index (κ1) is 15.4. The Kier molecular flexibility index (Phi) is 6.57. The Morgan fingerprint density at radius 2 is 2.00 bits per heavy atom. The molecule has 4 nitrogen and oxygen atoms in total. The molecule has 1 rings (SSSR count). The van der Waals surface area contributed by atoms with Gasteiger partial charge < -0.3 is 10.1 Å². The molecule has 0 radical (unpaired) electrons. The molecule has 0 fully saturated rings. The number of aromatic nitrogens is 2. The summed E-state index contributed by atoms with van der Waals surface area (Å²) in [6, 6.07) is 0. The molecule has 0 aliphatic rings. The van der Waals surface area contributed by atoms with Crippen LogP contribution in [0.5, 0.6) is 0 Å². The minimum Gasteiger partial charge on any atom is -0.371 e. The van der Waals surface area contributed by atoms with Gasteiger partial charge in [-0.2, -0.15) is 0 Å². The molecule has 0 spiro atoms. The maximum Gasteiger partial charge on any atom is 0.159 e. The topological polar surface area (TPSA) is 47.0 Å². The van der Waals surface area contributed by atoms with E-state index in [9.17, 15) is 0 Å².